The monoisotopic (exact) mass is 373 g/mol. The molecule has 1 unspecified atom stereocenters. The van der Waals surface area contributed by atoms with Crippen LogP contribution in [0.1, 0.15) is 22.7 Å². The van der Waals surface area contributed by atoms with E-state index in [1.54, 1.807) is 7.05 Å². The molecule has 1 atom stereocenters. The van der Waals surface area contributed by atoms with Gasteiger partial charge in [0.1, 0.15) is 11.6 Å². The van der Waals surface area contributed by atoms with Gasteiger partial charge in [0, 0.05) is 9.13 Å². The molecule has 100 valence electrons. The van der Waals surface area contributed by atoms with Gasteiger partial charge in [0.2, 0.25) is 0 Å². The van der Waals surface area contributed by atoms with Crippen molar-refractivity contribution < 1.29 is 8.78 Å². The Hall–Kier alpha value is -1.01. The lowest BCUT2D eigenvalue weighted by Crippen LogP contribution is -2.20. The van der Waals surface area contributed by atoms with E-state index in [-0.39, 0.29) is 6.04 Å². The molecule has 19 heavy (non-hydrogen) atoms. The van der Waals surface area contributed by atoms with E-state index in [9.17, 15) is 8.78 Å². The number of hydrogen-bond donors (Lipinski definition) is 1. The van der Waals surface area contributed by atoms with E-state index in [2.05, 4.69) is 27.9 Å². The average molecular weight is 373 g/mol. The minimum atomic E-state index is -0.431. The van der Waals surface area contributed by atoms with Crippen molar-refractivity contribution >= 4 is 22.6 Å². The van der Waals surface area contributed by atoms with E-state index >= 15 is 0 Å². The second-order valence-electron chi connectivity index (χ2n) is 4.37. The largest absolute Gasteiger partial charge is 0.309 e. The maximum absolute atomic E-state index is 13.9. The Morgan fingerprint density at radius 1 is 1.11 bits per heavy atom. The third kappa shape index (κ3) is 2.95. The summed E-state index contributed by atoms with van der Waals surface area (Å²) in [6, 6.07) is 9.04. The predicted molar refractivity (Wildman–Crippen MR) is 81.2 cm³/mol. The Labute approximate surface area is 125 Å². The van der Waals surface area contributed by atoms with Crippen LogP contribution in [-0.4, -0.2) is 7.05 Å². The summed E-state index contributed by atoms with van der Waals surface area (Å²) in [5, 5.41) is 3.06. The van der Waals surface area contributed by atoms with Crippen LogP contribution < -0.4 is 5.32 Å². The van der Waals surface area contributed by atoms with Gasteiger partial charge in [-0.2, -0.15) is 0 Å². The summed E-state index contributed by atoms with van der Waals surface area (Å²) in [6.07, 6.45) is 0. The minimum absolute atomic E-state index is 0.325. The topological polar surface area (TPSA) is 12.0 Å². The van der Waals surface area contributed by atoms with Crippen molar-refractivity contribution in [2.24, 2.45) is 0 Å². The molecule has 2 aromatic carbocycles. The van der Waals surface area contributed by atoms with Crippen molar-refractivity contribution in [1.82, 2.24) is 5.32 Å². The molecule has 0 saturated heterocycles. The van der Waals surface area contributed by atoms with Crippen molar-refractivity contribution in [2.45, 2.75) is 13.0 Å². The van der Waals surface area contributed by atoms with Gasteiger partial charge in [0.05, 0.1) is 6.04 Å². The van der Waals surface area contributed by atoms with Crippen LogP contribution in [0.4, 0.5) is 8.78 Å². The van der Waals surface area contributed by atoms with Gasteiger partial charge < -0.3 is 5.32 Å². The quantitative estimate of drug-likeness (QED) is 0.796. The molecule has 1 nitrogen and oxygen atoms in total. The lowest BCUT2D eigenvalue weighted by atomic mass is 9.97. The molecule has 0 aromatic heterocycles. The first kappa shape index (κ1) is 14.4. The van der Waals surface area contributed by atoms with E-state index < -0.39 is 11.6 Å². The zero-order valence-corrected chi connectivity index (χ0v) is 12.8. The summed E-state index contributed by atoms with van der Waals surface area (Å²) in [6.45, 7) is 2.00. The molecular weight excluding hydrogens is 359 g/mol. The summed E-state index contributed by atoms with van der Waals surface area (Å²) >= 11 is 2.23. The van der Waals surface area contributed by atoms with Gasteiger partial charge in [-0.1, -0.05) is 18.2 Å². The lowest BCUT2D eigenvalue weighted by Gasteiger charge is -2.20. The Balaban J connectivity index is 2.56. The number of nitrogens with one attached hydrogen (secondary N) is 1. The fourth-order valence-corrected chi connectivity index (χ4v) is 2.78. The number of rotatable bonds is 3. The van der Waals surface area contributed by atoms with E-state index in [1.165, 1.54) is 6.07 Å². The lowest BCUT2D eigenvalue weighted by molar-refractivity contribution is 0.557. The van der Waals surface area contributed by atoms with Crippen molar-refractivity contribution in [3.63, 3.8) is 0 Å². The number of halogens is 3. The molecule has 2 rings (SSSR count). The summed E-state index contributed by atoms with van der Waals surface area (Å²) in [5.74, 6) is -0.836. The van der Waals surface area contributed by atoms with Crippen LogP contribution in [0.3, 0.4) is 0 Å². The van der Waals surface area contributed by atoms with Crippen molar-refractivity contribution in [3.05, 3.63) is 68.3 Å². The smallest absolute Gasteiger partial charge is 0.128 e. The minimum Gasteiger partial charge on any atom is -0.309 e. The Morgan fingerprint density at radius 3 is 2.53 bits per heavy atom. The molecule has 0 aliphatic rings. The van der Waals surface area contributed by atoms with Crippen LogP contribution in [-0.2, 0) is 0 Å². The van der Waals surface area contributed by atoms with Gasteiger partial charge in [-0.15, -0.1) is 0 Å². The third-order valence-corrected chi connectivity index (χ3v) is 4.56. The Bertz CT molecular complexity index is 597. The normalized spacial score (nSPS) is 12.5. The molecule has 0 amide bonds. The highest BCUT2D eigenvalue weighted by Crippen LogP contribution is 2.29. The molecule has 0 bridgehead atoms. The Morgan fingerprint density at radius 2 is 1.84 bits per heavy atom. The highest BCUT2D eigenvalue weighted by molar-refractivity contribution is 14.1. The molecular formula is C15H14F2IN. The van der Waals surface area contributed by atoms with Crippen molar-refractivity contribution in [2.75, 3.05) is 7.05 Å². The number of aryl methyl sites for hydroxylation is 1. The molecule has 0 fully saturated rings. The van der Waals surface area contributed by atoms with Gasteiger partial charge >= 0.3 is 0 Å². The molecule has 0 aliphatic carbocycles. The van der Waals surface area contributed by atoms with Gasteiger partial charge in [-0.3, -0.25) is 0 Å². The summed E-state index contributed by atoms with van der Waals surface area (Å²) in [7, 11) is 1.74. The van der Waals surface area contributed by atoms with Crippen molar-refractivity contribution in [3.8, 4) is 0 Å². The first-order valence-electron chi connectivity index (χ1n) is 5.92. The van der Waals surface area contributed by atoms with Gasteiger partial charge in [0.25, 0.3) is 0 Å². The van der Waals surface area contributed by atoms with Crippen molar-refractivity contribution in [1.29, 1.82) is 0 Å². The van der Waals surface area contributed by atoms with Crippen LogP contribution in [0.5, 0.6) is 0 Å². The standard InChI is InChI=1S/C15H14F2IN/c1-9-4-3-5-11(14(9)18)15(19-2)12-8-10(16)6-7-13(12)17/h3-8,15,19H,1-2H3. The molecule has 0 aliphatic heterocycles. The summed E-state index contributed by atoms with van der Waals surface area (Å²) < 4.78 is 28.3. The predicted octanol–water partition coefficient (Wildman–Crippen LogP) is 4.19. The first-order chi connectivity index (χ1) is 9.04. The molecule has 0 saturated carbocycles. The van der Waals surface area contributed by atoms with Crippen LogP contribution in [0.25, 0.3) is 0 Å². The average Bonchev–Trinajstić information content (AvgIpc) is 2.39. The SMILES string of the molecule is CNC(c1cc(F)ccc1F)c1cccc(C)c1I. The van der Waals surface area contributed by atoms with E-state index in [0.29, 0.717) is 5.56 Å². The van der Waals surface area contributed by atoms with Gasteiger partial charge in [0.15, 0.2) is 0 Å². The maximum Gasteiger partial charge on any atom is 0.128 e. The zero-order valence-electron chi connectivity index (χ0n) is 10.7. The third-order valence-electron chi connectivity index (χ3n) is 3.09. The van der Waals surface area contributed by atoms with Crippen LogP contribution in [0.2, 0.25) is 0 Å². The highest BCUT2D eigenvalue weighted by Gasteiger charge is 2.19. The number of hydrogen-bond acceptors (Lipinski definition) is 1. The van der Waals surface area contributed by atoms with Gasteiger partial charge in [-0.25, -0.2) is 8.78 Å². The number of benzene rings is 2. The Kier molecular flexibility index (Phi) is 4.52. The first-order valence-corrected chi connectivity index (χ1v) is 6.99. The van der Waals surface area contributed by atoms with Crippen LogP contribution in [0.15, 0.2) is 36.4 Å². The van der Waals surface area contributed by atoms with E-state index in [4.69, 9.17) is 0 Å². The van der Waals surface area contributed by atoms with Crippen LogP contribution in [0, 0.1) is 22.1 Å². The highest BCUT2D eigenvalue weighted by atomic mass is 127. The molecule has 2 aromatic rings. The van der Waals surface area contributed by atoms with E-state index in [1.807, 2.05) is 25.1 Å². The maximum atomic E-state index is 13.9. The molecule has 0 spiro atoms. The molecule has 1 N–H and O–H groups in total. The fourth-order valence-electron chi connectivity index (χ4n) is 2.11. The van der Waals surface area contributed by atoms with Gasteiger partial charge in [-0.05, 0) is 65.9 Å². The molecule has 0 radical (unpaired) electrons. The van der Waals surface area contributed by atoms with Crippen LogP contribution >= 0.6 is 22.6 Å². The molecule has 4 heteroatoms. The fraction of sp³-hybridized carbons (Fsp3) is 0.200. The second kappa shape index (κ2) is 5.96. The summed E-state index contributed by atoms with van der Waals surface area (Å²) in [4.78, 5) is 0. The molecule has 0 heterocycles. The van der Waals surface area contributed by atoms with E-state index in [0.717, 1.165) is 26.8 Å². The second-order valence-corrected chi connectivity index (χ2v) is 5.44. The summed E-state index contributed by atoms with van der Waals surface area (Å²) in [5.41, 5.74) is 2.40. The zero-order chi connectivity index (χ0) is 14.0.